The maximum Gasteiger partial charge on any atom is 0.0885 e. The number of hydrogen-bond acceptors (Lipinski definition) is 2. The summed E-state index contributed by atoms with van der Waals surface area (Å²) in [5.74, 6) is 0. The minimum Gasteiger partial charge on any atom is -0.344 e. The molecule has 0 aliphatic carbocycles. The Kier molecular flexibility index (Phi) is 3.20. The van der Waals surface area contributed by atoms with Crippen molar-refractivity contribution in [1.29, 1.82) is 5.26 Å². The van der Waals surface area contributed by atoms with Crippen molar-refractivity contribution < 1.29 is 5.32 Å². The van der Waals surface area contributed by atoms with E-state index in [0.29, 0.717) is 6.42 Å². The summed E-state index contributed by atoms with van der Waals surface area (Å²) in [6.07, 6.45) is 0.681. The molecule has 3 heteroatoms. The highest BCUT2D eigenvalue weighted by atomic mass is 15.2. The van der Waals surface area contributed by atoms with Crippen molar-refractivity contribution in [2.45, 2.75) is 6.42 Å². The normalized spacial score (nSPS) is 20.3. The summed E-state index contributed by atoms with van der Waals surface area (Å²) in [5.41, 5.74) is 0. The summed E-state index contributed by atoms with van der Waals surface area (Å²) in [5, 5.41) is 10.6. The van der Waals surface area contributed by atoms with E-state index in [9.17, 15) is 0 Å². The van der Waals surface area contributed by atoms with Crippen molar-refractivity contribution in [2.75, 3.05) is 32.7 Å². The number of nitrogens with two attached hydrogens (primary N) is 1. The van der Waals surface area contributed by atoms with Crippen LogP contribution in [0.5, 0.6) is 0 Å². The van der Waals surface area contributed by atoms with E-state index in [2.05, 4.69) is 16.3 Å². The Bertz CT molecular complexity index is 121. The van der Waals surface area contributed by atoms with E-state index in [1.165, 1.54) is 13.1 Å². The van der Waals surface area contributed by atoms with Crippen molar-refractivity contribution in [1.82, 2.24) is 4.90 Å². The lowest BCUT2D eigenvalue weighted by atomic mass is 10.3. The average Bonchev–Trinajstić information content (AvgIpc) is 2.03. The van der Waals surface area contributed by atoms with Gasteiger partial charge >= 0.3 is 0 Å². The maximum atomic E-state index is 8.31. The van der Waals surface area contributed by atoms with Gasteiger partial charge in [-0.3, -0.25) is 4.90 Å². The van der Waals surface area contributed by atoms with Gasteiger partial charge in [-0.05, 0) is 0 Å². The molecule has 0 amide bonds. The van der Waals surface area contributed by atoms with E-state index in [4.69, 9.17) is 5.26 Å². The molecule has 0 aromatic heterocycles. The van der Waals surface area contributed by atoms with Crippen molar-refractivity contribution in [2.24, 2.45) is 0 Å². The fourth-order valence-electron chi connectivity index (χ4n) is 1.24. The van der Waals surface area contributed by atoms with Gasteiger partial charge in [0.15, 0.2) is 0 Å². The summed E-state index contributed by atoms with van der Waals surface area (Å²) < 4.78 is 0. The zero-order valence-corrected chi connectivity index (χ0v) is 6.21. The summed E-state index contributed by atoms with van der Waals surface area (Å²) in [4.78, 5) is 2.35. The van der Waals surface area contributed by atoms with Crippen LogP contribution in [-0.4, -0.2) is 37.6 Å². The Morgan fingerprint density at radius 1 is 1.40 bits per heavy atom. The summed E-state index contributed by atoms with van der Waals surface area (Å²) in [7, 11) is 0. The van der Waals surface area contributed by atoms with Crippen LogP contribution in [0.1, 0.15) is 6.42 Å². The Balaban J connectivity index is 2.09. The third-order valence-electron chi connectivity index (χ3n) is 1.84. The van der Waals surface area contributed by atoms with E-state index in [1.54, 1.807) is 0 Å². The molecule has 1 aliphatic rings. The molecule has 0 aromatic rings. The predicted octanol–water partition coefficient (Wildman–Crippen LogP) is -1.22. The highest BCUT2D eigenvalue weighted by Gasteiger charge is 2.10. The van der Waals surface area contributed by atoms with Crippen LogP contribution >= 0.6 is 0 Å². The standard InChI is InChI=1S/C7H13N3/c8-2-1-5-10-6-3-9-4-7-10/h9H,1,3-7H2/p+1. The molecule has 1 saturated heterocycles. The molecule has 1 heterocycles. The first-order valence-electron chi connectivity index (χ1n) is 3.84. The summed E-state index contributed by atoms with van der Waals surface area (Å²) >= 11 is 0. The Morgan fingerprint density at radius 2 is 2.10 bits per heavy atom. The largest absolute Gasteiger partial charge is 0.344 e. The molecule has 3 nitrogen and oxygen atoms in total. The zero-order valence-electron chi connectivity index (χ0n) is 6.21. The SMILES string of the molecule is N#CCCN1CC[NH2+]CC1. The van der Waals surface area contributed by atoms with Crippen LogP contribution in [0.3, 0.4) is 0 Å². The highest BCUT2D eigenvalue weighted by Crippen LogP contribution is 1.89. The van der Waals surface area contributed by atoms with E-state index in [0.717, 1.165) is 19.6 Å². The second-order valence-electron chi connectivity index (χ2n) is 2.62. The molecule has 1 fully saturated rings. The van der Waals surface area contributed by atoms with E-state index >= 15 is 0 Å². The molecular weight excluding hydrogens is 126 g/mol. The zero-order chi connectivity index (χ0) is 7.23. The Hall–Kier alpha value is -0.590. The first-order chi connectivity index (χ1) is 4.93. The molecule has 0 atom stereocenters. The van der Waals surface area contributed by atoms with E-state index < -0.39 is 0 Å². The average molecular weight is 140 g/mol. The Labute approximate surface area is 61.6 Å². The topological polar surface area (TPSA) is 43.6 Å². The second kappa shape index (κ2) is 4.26. The number of nitriles is 1. The fraction of sp³-hybridized carbons (Fsp3) is 0.857. The van der Waals surface area contributed by atoms with E-state index in [1.807, 2.05) is 0 Å². The van der Waals surface area contributed by atoms with Gasteiger partial charge in [0, 0.05) is 26.1 Å². The van der Waals surface area contributed by atoms with Crippen LogP contribution < -0.4 is 5.32 Å². The Morgan fingerprint density at radius 3 is 2.70 bits per heavy atom. The fourth-order valence-corrected chi connectivity index (χ4v) is 1.24. The highest BCUT2D eigenvalue weighted by molar-refractivity contribution is 4.72. The third kappa shape index (κ3) is 2.34. The lowest BCUT2D eigenvalue weighted by Crippen LogP contribution is -2.89. The van der Waals surface area contributed by atoms with Gasteiger partial charge in [-0.25, -0.2) is 0 Å². The van der Waals surface area contributed by atoms with E-state index in [-0.39, 0.29) is 0 Å². The number of quaternary nitrogens is 1. The van der Waals surface area contributed by atoms with Gasteiger partial charge in [-0.1, -0.05) is 0 Å². The van der Waals surface area contributed by atoms with Gasteiger partial charge in [0.05, 0.1) is 19.2 Å². The number of nitrogens with zero attached hydrogens (tertiary/aromatic N) is 2. The van der Waals surface area contributed by atoms with Crippen molar-refractivity contribution in [3.8, 4) is 6.07 Å². The molecule has 10 heavy (non-hydrogen) atoms. The van der Waals surface area contributed by atoms with Gasteiger partial charge in [0.2, 0.25) is 0 Å². The van der Waals surface area contributed by atoms with Crippen molar-refractivity contribution >= 4 is 0 Å². The second-order valence-corrected chi connectivity index (χ2v) is 2.62. The van der Waals surface area contributed by atoms with Gasteiger partial charge in [0.25, 0.3) is 0 Å². The molecule has 0 spiro atoms. The van der Waals surface area contributed by atoms with Crippen LogP contribution in [0, 0.1) is 11.3 Å². The van der Waals surface area contributed by atoms with Crippen LogP contribution in [0.4, 0.5) is 0 Å². The molecular formula is C7H14N3+. The first-order valence-corrected chi connectivity index (χ1v) is 3.84. The quantitative estimate of drug-likeness (QED) is 0.522. The first kappa shape index (κ1) is 7.52. The summed E-state index contributed by atoms with van der Waals surface area (Å²) in [6.45, 7) is 5.67. The third-order valence-corrected chi connectivity index (χ3v) is 1.84. The lowest BCUT2D eigenvalue weighted by Gasteiger charge is -2.23. The molecule has 2 N–H and O–H groups in total. The lowest BCUT2D eigenvalue weighted by molar-refractivity contribution is -0.663. The van der Waals surface area contributed by atoms with Crippen molar-refractivity contribution in [3.63, 3.8) is 0 Å². The minimum atomic E-state index is 0.681. The molecule has 0 radical (unpaired) electrons. The molecule has 0 bridgehead atoms. The minimum absolute atomic E-state index is 0.681. The molecule has 56 valence electrons. The van der Waals surface area contributed by atoms with Gasteiger partial charge in [-0.15, -0.1) is 0 Å². The van der Waals surface area contributed by atoms with Gasteiger partial charge < -0.3 is 5.32 Å². The predicted molar refractivity (Wildman–Crippen MR) is 38.3 cm³/mol. The molecule has 0 aromatic carbocycles. The molecule has 0 saturated carbocycles. The van der Waals surface area contributed by atoms with Gasteiger partial charge in [-0.2, -0.15) is 5.26 Å². The maximum absolute atomic E-state index is 8.31. The molecule has 0 unspecified atom stereocenters. The number of rotatable bonds is 2. The summed E-state index contributed by atoms with van der Waals surface area (Å²) in [6, 6.07) is 2.16. The monoisotopic (exact) mass is 140 g/mol. The van der Waals surface area contributed by atoms with Gasteiger partial charge in [0.1, 0.15) is 0 Å². The van der Waals surface area contributed by atoms with Crippen LogP contribution in [0.25, 0.3) is 0 Å². The molecule has 1 aliphatic heterocycles. The number of hydrogen-bond donors (Lipinski definition) is 1. The number of piperazine rings is 1. The van der Waals surface area contributed by atoms with Crippen LogP contribution in [0.15, 0.2) is 0 Å². The van der Waals surface area contributed by atoms with Crippen molar-refractivity contribution in [3.05, 3.63) is 0 Å². The molecule has 1 rings (SSSR count). The van der Waals surface area contributed by atoms with Crippen LogP contribution in [0.2, 0.25) is 0 Å². The van der Waals surface area contributed by atoms with Crippen LogP contribution in [-0.2, 0) is 0 Å². The smallest absolute Gasteiger partial charge is 0.0885 e.